The van der Waals surface area contributed by atoms with E-state index < -0.39 is 5.63 Å². The number of rotatable bonds is 4. The van der Waals surface area contributed by atoms with E-state index in [2.05, 4.69) is 15.4 Å². The average Bonchev–Trinajstić information content (AvgIpc) is 3.14. The van der Waals surface area contributed by atoms with Crippen molar-refractivity contribution < 1.29 is 13.9 Å². The molecular weight excluding hydrogens is 356 g/mol. The lowest BCUT2D eigenvalue weighted by Crippen LogP contribution is -2.21. The minimum atomic E-state index is -0.425. The SMILES string of the molecule is Cc1cc(=O)oc2cc(OCC(=O)Nc3nc4scc(C)n4n3)ccc12. The van der Waals surface area contributed by atoms with E-state index in [0.29, 0.717) is 16.3 Å². The molecule has 3 aromatic heterocycles. The minimum absolute atomic E-state index is 0.215. The van der Waals surface area contributed by atoms with E-state index in [-0.39, 0.29) is 18.5 Å². The molecule has 0 saturated carbocycles. The second-order valence-electron chi connectivity index (χ2n) is 5.75. The highest BCUT2D eigenvalue weighted by atomic mass is 32.1. The molecule has 8 nitrogen and oxygen atoms in total. The number of thiazole rings is 1. The van der Waals surface area contributed by atoms with Crippen LogP contribution in [0.15, 0.2) is 38.9 Å². The van der Waals surface area contributed by atoms with Gasteiger partial charge in [-0.3, -0.25) is 10.1 Å². The summed E-state index contributed by atoms with van der Waals surface area (Å²) in [6.07, 6.45) is 0. The van der Waals surface area contributed by atoms with Crippen molar-refractivity contribution >= 4 is 39.1 Å². The Balaban J connectivity index is 1.45. The van der Waals surface area contributed by atoms with Gasteiger partial charge in [0, 0.05) is 22.9 Å². The molecule has 4 aromatic rings. The fourth-order valence-corrected chi connectivity index (χ4v) is 3.35. The number of nitrogens with one attached hydrogen (secondary N) is 1. The number of carbonyl (C=O) groups excluding carboxylic acids is 1. The third-order valence-electron chi connectivity index (χ3n) is 3.79. The zero-order chi connectivity index (χ0) is 18.3. The van der Waals surface area contributed by atoms with Crippen LogP contribution in [-0.2, 0) is 4.79 Å². The molecule has 3 heterocycles. The summed E-state index contributed by atoms with van der Waals surface area (Å²) in [6.45, 7) is 3.53. The van der Waals surface area contributed by atoms with Crippen molar-refractivity contribution in [2.45, 2.75) is 13.8 Å². The van der Waals surface area contributed by atoms with Crippen molar-refractivity contribution in [3.8, 4) is 5.75 Å². The number of ether oxygens (including phenoxy) is 1. The predicted molar refractivity (Wildman–Crippen MR) is 96.9 cm³/mol. The molecule has 4 rings (SSSR count). The van der Waals surface area contributed by atoms with Crippen LogP contribution in [0.1, 0.15) is 11.3 Å². The molecule has 0 fully saturated rings. The minimum Gasteiger partial charge on any atom is -0.484 e. The molecule has 1 N–H and O–H groups in total. The van der Waals surface area contributed by atoms with Crippen molar-refractivity contribution in [2.24, 2.45) is 0 Å². The molecule has 0 radical (unpaired) electrons. The summed E-state index contributed by atoms with van der Waals surface area (Å²) in [4.78, 5) is 28.4. The highest BCUT2D eigenvalue weighted by Crippen LogP contribution is 2.22. The van der Waals surface area contributed by atoms with Gasteiger partial charge in [-0.25, -0.2) is 9.31 Å². The van der Waals surface area contributed by atoms with Crippen LogP contribution >= 0.6 is 11.3 Å². The Hall–Kier alpha value is -3.20. The monoisotopic (exact) mass is 370 g/mol. The fraction of sp³-hybridized carbons (Fsp3) is 0.176. The third-order valence-corrected chi connectivity index (χ3v) is 4.72. The molecular formula is C17H14N4O4S. The van der Waals surface area contributed by atoms with E-state index in [4.69, 9.17) is 9.15 Å². The van der Waals surface area contributed by atoms with Gasteiger partial charge >= 0.3 is 5.63 Å². The third kappa shape index (κ3) is 3.04. The Labute approximate surface area is 151 Å². The van der Waals surface area contributed by atoms with Crippen LogP contribution in [-0.4, -0.2) is 27.1 Å². The lowest BCUT2D eigenvalue weighted by molar-refractivity contribution is -0.118. The number of aromatic nitrogens is 3. The number of nitrogens with zero attached hydrogens (tertiary/aromatic N) is 3. The lowest BCUT2D eigenvalue weighted by atomic mass is 10.1. The zero-order valence-corrected chi connectivity index (χ0v) is 14.8. The highest BCUT2D eigenvalue weighted by Gasteiger charge is 2.11. The number of carbonyl (C=O) groups is 1. The molecule has 1 aromatic carbocycles. The number of hydrogen-bond acceptors (Lipinski definition) is 7. The first-order valence-corrected chi connectivity index (χ1v) is 8.65. The molecule has 0 aliphatic carbocycles. The highest BCUT2D eigenvalue weighted by molar-refractivity contribution is 7.15. The van der Waals surface area contributed by atoms with Gasteiger partial charge < -0.3 is 9.15 Å². The van der Waals surface area contributed by atoms with E-state index in [0.717, 1.165) is 16.6 Å². The van der Waals surface area contributed by atoms with Crippen LogP contribution in [0.25, 0.3) is 15.9 Å². The number of amides is 1. The average molecular weight is 370 g/mol. The fourth-order valence-electron chi connectivity index (χ4n) is 2.55. The van der Waals surface area contributed by atoms with Crippen molar-refractivity contribution in [1.82, 2.24) is 14.6 Å². The molecule has 0 spiro atoms. The molecule has 0 unspecified atom stereocenters. The van der Waals surface area contributed by atoms with E-state index >= 15 is 0 Å². The van der Waals surface area contributed by atoms with Crippen LogP contribution in [0.2, 0.25) is 0 Å². The molecule has 0 aliphatic rings. The van der Waals surface area contributed by atoms with Crippen molar-refractivity contribution in [3.63, 3.8) is 0 Å². The topological polar surface area (TPSA) is 98.7 Å². The van der Waals surface area contributed by atoms with E-state index in [1.807, 2.05) is 19.2 Å². The first kappa shape index (κ1) is 16.3. The second-order valence-corrected chi connectivity index (χ2v) is 6.59. The Kier molecular flexibility index (Phi) is 3.92. The Bertz CT molecular complexity index is 1190. The molecule has 0 saturated heterocycles. The van der Waals surface area contributed by atoms with Crippen molar-refractivity contribution in [2.75, 3.05) is 11.9 Å². The quantitative estimate of drug-likeness (QED) is 0.554. The van der Waals surface area contributed by atoms with Gasteiger partial charge in [0.2, 0.25) is 4.96 Å². The van der Waals surface area contributed by atoms with E-state index in [1.54, 1.807) is 22.7 Å². The molecule has 0 aliphatic heterocycles. The zero-order valence-electron chi connectivity index (χ0n) is 14.0. The Morgan fingerprint density at radius 3 is 3.00 bits per heavy atom. The maximum Gasteiger partial charge on any atom is 0.336 e. The summed E-state index contributed by atoms with van der Waals surface area (Å²) in [5.74, 6) is 0.274. The largest absolute Gasteiger partial charge is 0.484 e. The predicted octanol–water partition coefficient (Wildman–Crippen LogP) is 2.53. The van der Waals surface area contributed by atoms with Gasteiger partial charge in [0.1, 0.15) is 11.3 Å². The first-order valence-electron chi connectivity index (χ1n) is 7.77. The number of fused-ring (bicyclic) bond motifs is 2. The molecule has 0 bridgehead atoms. The van der Waals surface area contributed by atoms with Crippen LogP contribution < -0.4 is 15.7 Å². The van der Waals surface area contributed by atoms with Crippen LogP contribution in [0.3, 0.4) is 0 Å². The van der Waals surface area contributed by atoms with Gasteiger partial charge in [-0.1, -0.05) is 0 Å². The van der Waals surface area contributed by atoms with Gasteiger partial charge in [-0.05, 0) is 31.5 Å². The summed E-state index contributed by atoms with van der Waals surface area (Å²) in [5.41, 5.74) is 1.76. The number of aryl methyl sites for hydroxylation is 2. The molecule has 132 valence electrons. The maximum absolute atomic E-state index is 12.0. The summed E-state index contributed by atoms with van der Waals surface area (Å²) in [7, 11) is 0. The number of benzene rings is 1. The summed E-state index contributed by atoms with van der Waals surface area (Å²) in [6, 6.07) is 6.53. The van der Waals surface area contributed by atoms with E-state index in [9.17, 15) is 9.59 Å². The Morgan fingerprint density at radius 1 is 1.35 bits per heavy atom. The van der Waals surface area contributed by atoms with Crippen LogP contribution in [0.4, 0.5) is 5.95 Å². The summed E-state index contributed by atoms with van der Waals surface area (Å²) >= 11 is 1.45. The van der Waals surface area contributed by atoms with Gasteiger partial charge in [-0.15, -0.1) is 16.4 Å². The molecule has 26 heavy (non-hydrogen) atoms. The van der Waals surface area contributed by atoms with E-state index in [1.165, 1.54) is 17.4 Å². The van der Waals surface area contributed by atoms with Crippen LogP contribution in [0, 0.1) is 13.8 Å². The maximum atomic E-state index is 12.0. The summed E-state index contributed by atoms with van der Waals surface area (Å²) in [5, 5.41) is 9.56. The Morgan fingerprint density at radius 2 is 2.19 bits per heavy atom. The van der Waals surface area contributed by atoms with Crippen LogP contribution in [0.5, 0.6) is 5.75 Å². The van der Waals surface area contributed by atoms with Gasteiger partial charge in [-0.2, -0.15) is 4.98 Å². The lowest BCUT2D eigenvalue weighted by Gasteiger charge is -2.07. The molecule has 0 atom stereocenters. The van der Waals surface area contributed by atoms with Crippen molar-refractivity contribution in [3.05, 3.63) is 51.3 Å². The molecule has 9 heteroatoms. The number of anilines is 1. The summed E-state index contributed by atoms with van der Waals surface area (Å²) < 4.78 is 12.3. The normalized spacial score (nSPS) is 11.2. The molecule has 1 amide bonds. The van der Waals surface area contributed by atoms with Crippen molar-refractivity contribution in [1.29, 1.82) is 0 Å². The smallest absolute Gasteiger partial charge is 0.336 e. The van der Waals surface area contributed by atoms with Gasteiger partial charge in [0.25, 0.3) is 11.9 Å². The second kappa shape index (κ2) is 6.26. The number of hydrogen-bond donors (Lipinski definition) is 1. The first-order chi connectivity index (χ1) is 12.5. The van der Waals surface area contributed by atoms with Gasteiger partial charge in [0.05, 0.1) is 5.69 Å². The standard InChI is InChI=1S/C17H14N4O4S/c1-9-5-15(23)25-13-6-11(3-4-12(9)13)24-7-14(22)18-16-19-17-21(20-16)10(2)8-26-17/h3-6,8H,7H2,1-2H3,(H,18,20,22). The van der Waals surface area contributed by atoms with Gasteiger partial charge in [0.15, 0.2) is 6.61 Å².